The maximum atomic E-state index is 11.2. The van der Waals surface area contributed by atoms with Crippen LogP contribution in [0.25, 0.3) is 0 Å². The lowest BCUT2D eigenvalue weighted by Gasteiger charge is -2.17. The minimum atomic E-state index is -0.513. The Bertz CT molecular complexity index is 792. The highest BCUT2D eigenvalue weighted by Gasteiger charge is 2.17. The molecule has 23 heavy (non-hydrogen) atoms. The Morgan fingerprint density at radius 3 is 2.78 bits per heavy atom. The van der Waals surface area contributed by atoms with Crippen molar-refractivity contribution >= 4 is 23.7 Å². The van der Waals surface area contributed by atoms with Crippen molar-refractivity contribution in [2.75, 3.05) is 0 Å². The molecule has 0 N–H and O–H groups in total. The Hall–Kier alpha value is -2.28. The number of rotatable bonds is 4. The number of hydrogen-bond donors (Lipinski definition) is 0. The monoisotopic (exact) mass is 329 g/mol. The summed E-state index contributed by atoms with van der Waals surface area (Å²) in [5.41, 5.74) is 3.48. The third kappa shape index (κ3) is 3.24. The number of aldehydes is 1. The molecule has 2 aromatic rings. The number of non-ortho nitro benzene ring substituents is 1. The molecule has 3 rings (SSSR count). The van der Waals surface area contributed by atoms with Crippen LogP contribution in [0.2, 0.25) is 0 Å². The van der Waals surface area contributed by atoms with Crippen LogP contribution in [0.1, 0.15) is 40.2 Å². The predicted octanol–water partition coefficient (Wildman–Crippen LogP) is 3.54. The lowest BCUT2D eigenvalue weighted by Crippen LogP contribution is -2.10. The van der Waals surface area contributed by atoms with Crippen molar-refractivity contribution in [1.82, 2.24) is 9.97 Å². The highest BCUT2D eigenvalue weighted by molar-refractivity contribution is 7.99. The maximum Gasteiger partial charge on any atom is 0.270 e. The molecule has 0 radical (unpaired) electrons. The minimum absolute atomic E-state index is 0.0982. The molecular weight excluding hydrogens is 314 g/mol. The van der Waals surface area contributed by atoms with Gasteiger partial charge in [0.1, 0.15) is 0 Å². The number of carbonyl (C=O) groups excluding carboxylic acids is 1. The van der Waals surface area contributed by atoms with Crippen LogP contribution in [0, 0.1) is 17.0 Å². The summed E-state index contributed by atoms with van der Waals surface area (Å²) in [7, 11) is 0. The average molecular weight is 329 g/mol. The van der Waals surface area contributed by atoms with E-state index in [2.05, 4.69) is 9.97 Å². The number of aromatic nitrogens is 2. The summed E-state index contributed by atoms with van der Waals surface area (Å²) in [6.45, 7) is 1.98. The molecule has 1 aromatic heterocycles. The molecule has 6 nitrogen and oxygen atoms in total. The summed E-state index contributed by atoms with van der Waals surface area (Å²) in [5.74, 6) is 0. The van der Waals surface area contributed by atoms with Crippen molar-refractivity contribution in [3.05, 3.63) is 50.8 Å². The van der Waals surface area contributed by atoms with Gasteiger partial charge >= 0.3 is 0 Å². The largest absolute Gasteiger partial charge is 0.298 e. The van der Waals surface area contributed by atoms with Crippen molar-refractivity contribution < 1.29 is 9.72 Å². The third-order valence-electron chi connectivity index (χ3n) is 3.90. The Morgan fingerprint density at radius 1 is 1.26 bits per heavy atom. The number of nitro benzene ring substituents is 1. The van der Waals surface area contributed by atoms with Gasteiger partial charge in [-0.1, -0.05) is 0 Å². The van der Waals surface area contributed by atoms with Gasteiger partial charge in [-0.2, -0.15) is 0 Å². The van der Waals surface area contributed by atoms with Crippen LogP contribution in [0.15, 0.2) is 28.3 Å². The summed E-state index contributed by atoms with van der Waals surface area (Å²) in [6.07, 6.45) is 4.89. The van der Waals surface area contributed by atoms with Gasteiger partial charge in [0, 0.05) is 34.0 Å². The summed E-state index contributed by atoms with van der Waals surface area (Å²) in [6, 6.07) is 4.24. The molecule has 0 aliphatic heterocycles. The number of hydrogen-bond acceptors (Lipinski definition) is 6. The summed E-state index contributed by atoms with van der Waals surface area (Å²) < 4.78 is 0. The zero-order valence-corrected chi connectivity index (χ0v) is 13.4. The van der Waals surface area contributed by atoms with Gasteiger partial charge in [0.05, 0.1) is 4.92 Å². The molecule has 1 heterocycles. The fourth-order valence-corrected chi connectivity index (χ4v) is 3.63. The van der Waals surface area contributed by atoms with E-state index in [1.807, 2.05) is 6.92 Å². The molecule has 118 valence electrons. The van der Waals surface area contributed by atoms with Crippen molar-refractivity contribution in [2.45, 2.75) is 42.7 Å². The molecule has 0 unspecified atom stereocenters. The van der Waals surface area contributed by atoms with Crippen molar-refractivity contribution in [1.29, 1.82) is 0 Å². The molecule has 0 saturated heterocycles. The second-order valence-corrected chi connectivity index (χ2v) is 6.43. The number of aryl methyl sites for hydroxylation is 2. The van der Waals surface area contributed by atoms with Gasteiger partial charge < -0.3 is 0 Å². The number of carbonyl (C=O) groups is 1. The first-order chi connectivity index (χ1) is 11.1. The molecule has 0 spiro atoms. The Morgan fingerprint density at radius 2 is 2.04 bits per heavy atom. The van der Waals surface area contributed by atoms with Crippen molar-refractivity contribution in [3.8, 4) is 0 Å². The van der Waals surface area contributed by atoms with Crippen molar-refractivity contribution in [3.63, 3.8) is 0 Å². The Balaban J connectivity index is 1.94. The third-order valence-corrected chi connectivity index (χ3v) is 4.86. The van der Waals surface area contributed by atoms with Crippen LogP contribution in [0.5, 0.6) is 0 Å². The Labute approximate surface area is 137 Å². The van der Waals surface area contributed by atoms with E-state index in [4.69, 9.17) is 0 Å². The quantitative estimate of drug-likeness (QED) is 0.369. The molecule has 0 amide bonds. The second-order valence-electron chi connectivity index (χ2n) is 5.42. The zero-order chi connectivity index (χ0) is 16.4. The first-order valence-electron chi connectivity index (χ1n) is 7.36. The van der Waals surface area contributed by atoms with Crippen molar-refractivity contribution in [2.24, 2.45) is 0 Å². The molecule has 7 heteroatoms. The van der Waals surface area contributed by atoms with Gasteiger partial charge in [0.15, 0.2) is 11.4 Å². The normalized spacial score (nSPS) is 13.4. The predicted molar refractivity (Wildman–Crippen MR) is 86.0 cm³/mol. The summed E-state index contributed by atoms with van der Waals surface area (Å²) in [5, 5.41) is 11.4. The van der Waals surface area contributed by atoms with Crippen LogP contribution >= 0.6 is 11.8 Å². The zero-order valence-electron chi connectivity index (χ0n) is 12.6. The minimum Gasteiger partial charge on any atom is -0.298 e. The first kappa shape index (κ1) is 15.6. The van der Waals surface area contributed by atoms with Crippen LogP contribution in [-0.2, 0) is 12.8 Å². The first-order valence-corrected chi connectivity index (χ1v) is 8.18. The van der Waals surface area contributed by atoms with E-state index in [-0.39, 0.29) is 11.3 Å². The molecule has 0 atom stereocenters. The molecule has 0 fully saturated rings. The van der Waals surface area contributed by atoms with Crippen LogP contribution in [-0.4, -0.2) is 21.2 Å². The maximum absolute atomic E-state index is 11.2. The molecule has 1 aliphatic carbocycles. The molecule has 0 saturated carbocycles. The van der Waals surface area contributed by atoms with E-state index >= 15 is 0 Å². The molecule has 1 aromatic carbocycles. The van der Waals surface area contributed by atoms with Crippen LogP contribution < -0.4 is 0 Å². The van der Waals surface area contributed by atoms with E-state index in [1.54, 1.807) is 6.07 Å². The lowest BCUT2D eigenvalue weighted by atomic mass is 9.95. The number of fused-ring (bicyclic) bond motifs is 1. The fourth-order valence-electron chi connectivity index (χ4n) is 2.73. The Kier molecular flexibility index (Phi) is 4.38. The number of nitrogens with zero attached hydrogens (tertiary/aromatic N) is 3. The molecule has 0 bridgehead atoms. The van der Waals surface area contributed by atoms with E-state index in [0.29, 0.717) is 16.3 Å². The van der Waals surface area contributed by atoms with E-state index in [0.717, 1.165) is 30.7 Å². The average Bonchev–Trinajstić information content (AvgIpc) is 2.55. The van der Waals surface area contributed by atoms with Crippen LogP contribution in [0.4, 0.5) is 5.69 Å². The van der Waals surface area contributed by atoms with Gasteiger partial charge in [0.25, 0.3) is 5.69 Å². The van der Waals surface area contributed by atoms with Gasteiger partial charge in [-0.05, 0) is 56.0 Å². The number of benzene rings is 1. The highest BCUT2D eigenvalue weighted by Crippen LogP contribution is 2.32. The van der Waals surface area contributed by atoms with Crippen LogP contribution in [0.3, 0.4) is 0 Å². The second kappa shape index (κ2) is 6.45. The van der Waals surface area contributed by atoms with E-state index in [1.165, 1.54) is 35.9 Å². The SMILES string of the molecule is Cc1nc(Sc2ccc([N+](=O)[O-])cc2C=O)nc2c1CCCC2. The summed E-state index contributed by atoms with van der Waals surface area (Å²) in [4.78, 5) is 31.3. The van der Waals surface area contributed by atoms with Gasteiger partial charge in [-0.25, -0.2) is 9.97 Å². The van der Waals surface area contributed by atoms with E-state index in [9.17, 15) is 14.9 Å². The molecular formula is C16H15N3O3S. The smallest absolute Gasteiger partial charge is 0.270 e. The highest BCUT2D eigenvalue weighted by atomic mass is 32.2. The topological polar surface area (TPSA) is 86.0 Å². The molecule has 1 aliphatic rings. The van der Waals surface area contributed by atoms with E-state index < -0.39 is 4.92 Å². The fraction of sp³-hybridized carbons (Fsp3) is 0.312. The standard InChI is InChI=1S/C16H15N3O3S/c1-10-13-4-2-3-5-14(13)18-16(17-10)23-15-7-6-12(19(21)22)8-11(15)9-20/h6-9H,2-5H2,1H3. The van der Waals surface area contributed by atoms with Gasteiger partial charge in [-0.15, -0.1) is 0 Å². The summed E-state index contributed by atoms with van der Waals surface area (Å²) >= 11 is 1.27. The van der Waals surface area contributed by atoms with Gasteiger partial charge in [-0.3, -0.25) is 14.9 Å². The van der Waals surface area contributed by atoms with Gasteiger partial charge in [0.2, 0.25) is 0 Å². The number of nitro groups is 1. The lowest BCUT2D eigenvalue weighted by molar-refractivity contribution is -0.384.